The van der Waals surface area contributed by atoms with E-state index in [9.17, 15) is 0 Å². The predicted molar refractivity (Wildman–Crippen MR) is 92.4 cm³/mol. The van der Waals surface area contributed by atoms with Crippen LogP contribution in [0.4, 0.5) is 0 Å². The van der Waals surface area contributed by atoms with Crippen LogP contribution in [0, 0.1) is 0 Å². The lowest BCUT2D eigenvalue weighted by atomic mass is 10.1. The molecular formula is C18H30ClNO. The molecule has 1 aromatic carbocycles. The van der Waals surface area contributed by atoms with Crippen molar-refractivity contribution < 1.29 is 4.74 Å². The smallest absolute Gasteiger partial charge is 0.121 e. The molecule has 0 radical (unpaired) electrons. The number of hydrogen-bond donors (Lipinski definition) is 1. The van der Waals surface area contributed by atoms with Gasteiger partial charge in [-0.15, -0.1) is 0 Å². The quantitative estimate of drug-likeness (QED) is 0.556. The first kappa shape index (κ1) is 18.3. The zero-order chi connectivity index (χ0) is 15.7. The molecule has 0 spiro atoms. The van der Waals surface area contributed by atoms with E-state index in [-0.39, 0.29) is 12.1 Å². The maximum Gasteiger partial charge on any atom is 0.121 e. The molecular weight excluding hydrogens is 282 g/mol. The molecule has 0 bridgehead atoms. The molecule has 1 rings (SSSR count). The molecule has 3 heteroatoms. The van der Waals surface area contributed by atoms with Crippen LogP contribution < -0.4 is 10.1 Å². The molecule has 120 valence electrons. The van der Waals surface area contributed by atoms with Gasteiger partial charge in [0.25, 0.3) is 0 Å². The van der Waals surface area contributed by atoms with E-state index in [4.69, 9.17) is 16.3 Å². The molecule has 0 fully saturated rings. The fourth-order valence-electron chi connectivity index (χ4n) is 2.50. The van der Waals surface area contributed by atoms with Crippen molar-refractivity contribution >= 4 is 11.6 Å². The fourth-order valence-corrected chi connectivity index (χ4v) is 2.83. The molecule has 0 aliphatic rings. The normalized spacial score (nSPS) is 14.0. The van der Waals surface area contributed by atoms with E-state index in [0.717, 1.165) is 29.3 Å². The average molecular weight is 312 g/mol. The first-order valence-corrected chi connectivity index (χ1v) is 8.65. The fraction of sp³-hybridized carbons (Fsp3) is 0.667. The molecule has 0 heterocycles. The van der Waals surface area contributed by atoms with Gasteiger partial charge < -0.3 is 10.1 Å². The van der Waals surface area contributed by atoms with Gasteiger partial charge >= 0.3 is 0 Å². The van der Waals surface area contributed by atoms with E-state index in [0.29, 0.717) is 0 Å². The van der Waals surface area contributed by atoms with Crippen molar-refractivity contribution in [3.63, 3.8) is 0 Å². The highest BCUT2D eigenvalue weighted by molar-refractivity contribution is 6.31. The summed E-state index contributed by atoms with van der Waals surface area (Å²) < 4.78 is 5.97. The maximum atomic E-state index is 6.37. The molecule has 0 aromatic heterocycles. The van der Waals surface area contributed by atoms with Crippen LogP contribution in [0.15, 0.2) is 18.2 Å². The Morgan fingerprint density at radius 1 is 1.14 bits per heavy atom. The zero-order valence-corrected chi connectivity index (χ0v) is 14.7. The number of rotatable bonds is 10. The molecule has 1 aromatic rings. The third-order valence-electron chi connectivity index (χ3n) is 3.75. The number of halogens is 1. The van der Waals surface area contributed by atoms with Crippen LogP contribution in [-0.4, -0.2) is 12.6 Å². The molecule has 2 atom stereocenters. The van der Waals surface area contributed by atoms with Crippen molar-refractivity contribution in [2.75, 3.05) is 6.54 Å². The van der Waals surface area contributed by atoms with Gasteiger partial charge in [0.05, 0.1) is 6.10 Å². The van der Waals surface area contributed by atoms with E-state index in [2.05, 4.69) is 39.1 Å². The second-order valence-electron chi connectivity index (χ2n) is 5.74. The molecule has 0 aliphatic heterocycles. The summed E-state index contributed by atoms with van der Waals surface area (Å²) in [7, 11) is 0. The maximum absolute atomic E-state index is 6.37. The van der Waals surface area contributed by atoms with Crippen LogP contribution in [0.3, 0.4) is 0 Å². The Morgan fingerprint density at radius 3 is 2.52 bits per heavy atom. The third kappa shape index (κ3) is 6.71. The highest BCUT2D eigenvalue weighted by Crippen LogP contribution is 2.28. The van der Waals surface area contributed by atoms with Crippen molar-refractivity contribution in [2.24, 2.45) is 0 Å². The van der Waals surface area contributed by atoms with Crippen molar-refractivity contribution in [1.82, 2.24) is 5.32 Å². The number of benzene rings is 1. The molecule has 0 amide bonds. The molecule has 0 aliphatic carbocycles. The largest absolute Gasteiger partial charge is 0.491 e. The van der Waals surface area contributed by atoms with Crippen molar-refractivity contribution in [3.05, 3.63) is 28.8 Å². The Balaban J connectivity index is 2.51. The first-order valence-electron chi connectivity index (χ1n) is 8.27. The first-order chi connectivity index (χ1) is 10.1. The lowest BCUT2D eigenvalue weighted by Crippen LogP contribution is -2.18. The summed E-state index contributed by atoms with van der Waals surface area (Å²) in [6.07, 6.45) is 6.47. The summed E-state index contributed by atoms with van der Waals surface area (Å²) >= 11 is 6.37. The summed E-state index contributed by atoms with van der Waals surface area (Å²) in [5.74, 6) is 0.871. The van der Waals surface area contributed by atoms with E-state index in [1.54, 1.807) is 0 Å². The third-order valence-corrected chi connectivity index (χ3v) is 4.08. The number of nitrogens with one attached hydrogen (secondary N) is 1. The van der Waals surface area contributed by atoms with Crippen molar-refractivity contribution in [1.29, 1.82) is 0 Å². The number of unbranched alkanes of at least 4 members (excludes halogenated alkanes) is 3. The summed E-state index contributed by atoms with van der Waals surface area (Å²) in [6, 6.07) is 6.29. The molecule has 1 N–H and O–H groups in total. The van der Waals surface area contributed by atoms with Crippen LogP contribution in [0.2, 0.25) is 5.02 Å². The van der Waals surface area contributed by atoms with Gasteiger partial charge in [0.15, 0.2) is 0 Å². The number of ether oxygens (including phenoxy) is 1. The zero-order valence-electron chi connectivity index (χ0n) is 13.9. The lowest BCUT2D eigenvalue weighted by molar-refractivity contribution is 0.206. The van der Waals surface area contributed by atoms with Crippen molar-refractivity contribution in [3.8, 4) is 5.75 Å². The Bertz CT molecular complexity index is 408. The van der Waals surface area contributed by atoms with Crippen LogP contribution in [-0.2, 0) is 0 Å². The van der Waals surface area contributed by atoms with E-state index in [1.807, 2.05) is 12.1 Å². The molecule has 0 saturated heterocycles. The Kier molecular flexibility index (Phi) is 8.79. The van der Waals surface area contributed by atoms with E-state index >= 15 is 0 Å². The van der Waals surface area contributed by atoms with Gasteiger partial charge in [-0.2, -0.15) is 0 Å². The van der Waals surface area contributed by atoms with Crippen LogP contribution >= 0.6 is 11.6 Å². The lowest BCUT2D eigenvalue weighted by Gasteiger charge is -2.18. The van der Waals surface area contributed by atoms with Gasteiger partial charge in [0.2, 0.25) is 0 Å². The van der Waals surface area contributed by atoms with Crippen LogP contribution in [0.1, 0.15) is 71.4 Å². The second-order valence-corrected chi connectivity index (χ2v) is 6.15. The highest BCUT2D eigenvalue weighted by Gasteiger charge is 2.11. The minimum atomic E-state index is 0.245. The van der Waals surface area contributed by atoms with Gasteiger partial charge in [-0.1, -0.05) is 50.8 Å². The predicted octanol–water partition coefficient (Wildman–Crippen LogP) is 5.75. The summed E-state index contributed by atoms with van der Waals surface area (Å²) in [6.45, 7) is 9.53. The number of hydrogen-bond acceptors (Lipinski definition) is 2. The Hall–Kier alpha value is -0.730. The summed E-state index contributed by atoms with van der Waals surface area (Å²) in [5, 5.41) is 4.15. The van der Waals surface area contributed by atoms with Gasteiger partial charge in [0.1, 0.15) is 5.75 Å². The van der Waals surface area contributed by atoms with E-state index in [1.165, 1.54) is 25.7 Å². The van der Waals surface area contributed by atoms with Crippen molar-refractivity contribution in [2.45, 2.75) is 71.9 Å². The topological polar surface area (TPSA) is 21.3 Å². The highest BCUT2D eigenvalue weighted by atomic mass is 35.5. The molecule has 0 saturated carbocycles. The van der Waals surface area contributed by atoms with Gasteiger partial charge in [-0.05, 0) is 50.9 Å². The minimum absolute atomic E-state index is 0.245. The van der Waals surface area contributed by atoms with Gasteiger partial charge in [-0.25, -0.2) is 0 Å². The molecule has 21 heavy (non-hydrogen) atoms. The summed E-state index contributed by atoms with van der Waals surface area (Å²) in [4.78, 5) is 0. The van der Waals surface area contributed by atoms with E-state index < -0.39 is 0 Å². The molecule has 2 nitrogen and oxygen atoms in total. The average Bonchev–Trinajstić information content (AvgIpc) is 2.44. The second kappa shape index (κ2) is 10.1. The Labute approximate surface area is 135 Å². The molecule has 2 unspecified atom stereocenters. The van der Waals surface area contributed by atoms with Gasteiger partial charge in [-0.3, -0.25) is 0 Å². The van der Waals surface area contributed by atoms with Crippen LogP contribution in [0.25, 0.3) is 0 Å². The Morgan fingerprint density at radius 2 is 1.90 bits per heavy atom. The van der Waals surface area contributed by atoms with Gasteiger partial charge in [0, 0.05) is 11.1 Å². The SMILES string of the molecule is CCCCCCC(C)Oc1ccc(C(C)NCC)c(Cl)c1. The monoisotopic (exact) mass is 311 g/mol. The minimum Gasteiger partial charge on any atom is -0.491 e. The summed E-state index contributed by atoms with van der Waals surface area (Å²) in [5.41, 5.74) is 1.13. The standard InChI is InChI=1S/C18H30ClNO/c1-5-7-8-9-10-14(3)21-16-11-12-17(18(19)13-16)15(4)20-6-2/h11-15,20H,5-10H2,1-4H3. The van der Waals surface area contributed by atoms with Crippen LogP contribution in [0.5, 0.6) is 5.75 Å².